The highest BCUT2D eigenvalue weighted by atomic mass is 32.1. The Morgan fingerprint density at radius 1 is 1.33 bits per heavy atom. The second-order valence-electron chi connectivity index (χ2n) is 7.63. The fraction of sp³-hybridized carbons (Fsp3) is 0.619. The number of piperidine rings is 1. The third kappa shape index (κ3) is 5.96. The number of carbonyl (C=O) groups excluding carboxylic acids is 1. The van der Waals surface area contributed by atoms with Crippen LogP contribution in [-0.2, 0) is 9.47 Å². The molecule has 8 nitrogen and oxygen atoms in total. The van der Waals surface area contributed by atoms with Gasteiger partial charge in [0.1, 0.15) is 5.75 Å². The monoisotopic (exact) mass is 436 g/mol. The van der Waals surface area contributed by atoms with Crippen molar-refractivity contribution in [2.24, 2.45) is 0 Å². The topological polar surface area (TPSA) is 76.2 Å². The molecule has 1 spiro atoms. The quantitative estimate of drug-likeness (QED) is 0.735. The summed E-state index contributed by atoms with van der Waals surface area (Å²) in [6, 6.07) is 3.69. The minimum atomic E-state index is -0.128. The van der Waals surface area contributed by atoms with Crippen molar-refractivity contribution in [3.8, 4) is 5.75 Å². The van der Waals surface area contributed by atoms with Gasteiger partial charge in [0.15, 0.2) is 5.13 Å². The number of nitrogens with zero attached hydrogens (tertiary/aromatic N) is 3. The van der Waals surface area contributed by atoms with Crippen molar-refractivity contribution < 1.29 is 19.0 Å². The minimum absolute atomic E-state index is 0.00655. The number of likely N-dealkylation sites (tertiary alicyclic amines) is 1. The lowest BCUT2D eigenvalue weighted by Crippen LogP contribution is -2.47. The highest BCUT2D eigenvalue weighted by molar-refractivity contribution is 7.13. The van der Waals surface area contributed by atoms with Gasteiger partial charge in [-0.3, -0.25) is 5.32 Å². The van der Waals surface area contributed by atoms with Crippen molar-refractivity contribution in [3.05, 3.63) is 23.7 Å². The summed E-state index contributed by atoms with van der Waals surface area (Å²) in [5.74, 6) is 0.605. The second kappa shape index (κ2) is 10.8. The maximum absolute atomic E-state index is 12.8. The van der Waals surface area contributed by atoms with Crippen molar-refractivity contribution in [2.45, 2.75) is 31.3 Å². The van der Waals surface area contributed by atoms with E-state index in [2.05, 4.69) is 15.2 Å². The molecule has 2 aliphatic heterocycles. The molecule has 0 bridgehead atoms. The van der Waals surface area contributed by atoms with E-state index in [0.717, 1.165) is 44.5 Å². The third-order valence-corrected chi connectivity index (χ3v) is 6.48. The standard InChI is InChI=1S/C21H32N4O4S/c1-24(12-14-27-2)17-5-6-18(28-3)15-22-19(30-16-17)23-20(26)25-10-8-21(9-11-25)7-4-13-29-21/h5-6,15-16H,4,7-14H2,1-3H3,(H,22,23,26). The zero-order valence-corrected chi connectivity index (χ0v) is 18.9. The molecule has 0 aliphatic carbocycles. The van der Waals surface area contributed by atoms with Gasteiger partial charge in [0.05, 0.1) is 25.5 Å². The summed E-state index contributed by atoms with van der Waals surface area (Å²) in [4.78, 5) is 21.2. The van der Waals surface area contributed by atoms with E-state index in [4.69, 9.17) is 14.2 Å². The summed E-state index contributed by atoms with van der Waals surface area (Å²) in [6.07, 6.45) is 5.63. The number of likely N-dealkylation sites (N-methyl/N-ethyl adjacent to an activating group) is 1. The van der Waals surface area contributed by atoms with E-state index in [9.17, 15) is 4.79 Å². The van der Waals surface area contributed by atoms with E-state index in [1.807, 2.05) is 29.5 Å². The van der Waals surface area contributed by atoms with Crippen LogP contribution in [0.4, 0.5) is 15.6 Å². The number of nitrogens with one attached hydrogen (secondary N) is 1. The maximum Gasteiger partial charge on any atom is 0.323 e. The van der Waals surface area contributed by atoms with Crippen LogP contribution in [0, 0.1) is 0 Å². The molecule has 1 aromatic rings. The minimum Gasteiger partial charge on any atom is -0.495 e. The predicted molar refractivity (Wildman–Crippen MR) is 119 cm³/mol. The molecule has 2 fully saturated rings. The van der Waals surface area contributed by atoms with Crippen molar-refractivity contribution >= 4 is 28.2 Å². The van der Waals surface area contributed by atoms with Crippen LogP contribution in [0.2, 0.25) is 0 Å². The number of urea groups is 1. The molecule has 30 heavy (non-hydrogen) atoms. The molecule has 2 aliphatic rings. The molecule has 2 saturated heterocycles. The summed E-state index contributed by atoms with van der Waals surface area (Å²) in [6.45, 7) is 3.61. The maximum atomic E-state index is 12.8. The summed E-state index contributed by atoms with van der Waals surface area (Å²) < 4.78 is 16.5. The number of aromatic nitrogens is 1. The first kappa shape index (κ1) is 22.6. The highest BCUT2D eigenvalue weighted by Crippen LogP contribution is 2.35. The Morgan fingerprint density at radius 2 is 2.13 bits per heavy atom. The molecule has 0 radical (unpaired) electrons. The van der Waals surface area contributed by atoms with E-state index >= 15 is 0 Å². The van der Waals surface area contributed by atoms with Gasteiger partial charge in [0.25, 0.3) is 0 Å². The molecule has 0 saturated carbocycles. The summed E-state index contributed by atoms with van der Waals surface area (Å²) in [5, 5.41) is 5.43. The van der Waals surface area contributed by atoms with Crippen LogP contribution in [0.15, 0.2) is 23.7 Å². The van der Waals surface area contributed by atoms with Gasteiger partial charge in [-0.05, 0) is 37.8 Å². The summed E-state index contributed by atoms with van der Waals surface area (Å²) in [7, 11) is 5.28. The molecule has 9 heteroatoms. The SMILES string of the molecule is COCCN(C)c1ccc(OC)cnc(NC(=O)N2CCC3(CCCO3)CC2)sc1. The van der Waals surface area contributed by atoms with E-state index in [0.29, 0.717) is 30.6 Å². The van der Waals surface area contributed by atoms with Crippen LogP contribution < -0.4 is 15.0 Å². The van der Waals surface area contributed by atoms with Crippen LogP contribution in [0.1, 0.15) is 25.7 Å². The van der Waals surface area contributed by atoms with Crippen molar-refractivity contribution in [1.82, 2.24) is 9.88 Å². The smallest absolute Gasteiger partial charge is 0.323 e. The van der Waals surface area contributed by atoms with Gasteiger partial charge in [-0.2, -0.15) is 0 Å². The largest absolute Gasteiger partial charge is 0.495 e. The number of hydrogen-bond donors (Lipinski definition) is 1. The number of anilines is 2. The Kier molecular flexibility index (Phi) is 8.12. The number of hydrogen-bond acceptors (Lipinski definition) is 7. The number of ether oxygens (including phenoxy) is 3. The Labute approximate surface area is 182 Å². The lowest BCUT2D eigenvalue weighted by molar-refractivity contribution is -0.0353. The van der Waals surface area contributed by atoms with Gasteiger partial charge in [-0.15, -0.1) is 11.3 Å². The van der Waals surface area contributed by atoms with Gasteiger partial charge in [0, 0.05) is 51.5 Å². The number of rotatable bonds is 6. The fourth-order valence-electron chi connectivity index (χ4n) is 3.71. The molecule has 0 atom stereocenters. The Bertz CT molecular complexity index is 755. The molecule has 0 unspecified atom stereocenters. The number of methoxy groups -OCH3 is 2. The molecule has 3 rings (SSSR count). The summed E-state index contributed by atoms with van der Waals surface area (Å²) >= 11 is 1.38. The first-order valence-corrected chi connectivity index (χ1v) is 11.2. The Balaban J connectivity index is 1.72. The molecule has 1 N–H and O–H groups in total. The van der Waals surface area contributed by atoms with Crippen LogP contribution in [0.5, 0.6) is 5.75 Å². The molecule has 2 amide bonds. The average Bonchev–Trinajstić information content (AvgIpc) is 3.24. The molecule has 1 aromatic heterocycles. The molecule has 3 heterocycles. The first-order chi connectivity index (χ1) is 14.5. The number of amides is 2. The molecule has 0 aromatic carbocycles. The van der Waals surface area contributed by atoms with E-state index < -0.39 is 0 Å². The van der Waals surface area contributed by atoms with Crippen LogP contribution >= 0.6 is 11.3 Å². The number of carbonyl (C=O) groups is 1. The Morgan fingerprint density at radius 3 is 2.80 bits per heavy atom. The Hall–Kier alpha value is -2.10. The first-order valence-electron chi connectivity index (χ1n) is 10.3. The van der Waals surface area contributed by atoms with Crippen molar-refractivity contribution in [2.75, 3.05) is 64.3 Å². The van der Waals surface area contributed by atoms with Gasteiger partial charge in [0.2, 0.25) is 0 Å². The molecule has 166 valence electrons. The zero-order chi connectivity index (χ0) is 21.4. The van der Waals surface area contributed by atoms with Crippen LogP contribution in [0.3, 0.4) is 0 Å². The average molecular weight is 437 g/mol. The van der Waals surface area contributed by atoms with Gasteiger partial charge in [-0.25, -0.2) is 9.78 Å². The highest BCUT2D eigenvalue weighted by Gasteiger charge is 2.39. The van der Waals surface area contributed by atoms with Gasteiger partial charge < -0.3 is 24.0 Å². The normalized spacial score (nSPS) is 17.5. The van der Waals surface area contributed by atoms with E-state index in [1.54, 1.807) is 20.4 Å². The predicted octanol–water partition coefficient (Wildman–Crippen LogP) is 3.54. The fourth-order valence-corrected chi connectivity index (χ4v) is 4.46. The third-order valence-electron chi connectivity index (χ3n) is 5.69. The van der Waals surface area contributed by atoms with Crippen LogP contribution in [-0.4, -0.2) is 75.6 Å². The van der Waals surface area contributed by atoms with Gasteiger partial charge in [-0.1, -0.05) is 0 Å². The van der Waals surface area contributed by atoms with Gasteiger partial charge >= 0.3 is 6.03 Å². The van der Waals surface area contributed by atoms with E-state index in [1.165, 1.54) is 11.3 Å². The second-order valence-corrected chi connectivity index (χ2v) is 8.49. The molecular formula is C21H32N4O4S. The van der Waals surface area contributed by atoms with Crippen LogP contribution in [0.25, 0.3) is 0 Å². The lowest BCUT2D eigenvalue weighted by atomic mass is 9.89. The zero-order valence-electron chi connectivity index (χ0n) is 18.1. The lowest BCUT2D eigenvalue weighted by Gasteiger charge is -2.38. The van der Waals surface area contributed by atoms with Crippen molar-refractivity contribution in [3.63, 3.8) is 0 Å². The summed E-state index contributed by atoms with van der Waals surface area (Å²) in [5.41, 5.74) is 0.968. The van der Waals surface area contributed by atoms with E-state index in [-0.39, 0.29) is 11.6 Å². The van der Waals surface area contributed by atoms with Crippen molar-refractivity contribution in [1.29, 1.82) is 0 Å². The molecular weight excluding hydrogens is 404 g/mol.